The molecule has 0 heterocycles. The van der Waals surface area contributed by atoms with Crippen molar-refractivity contribution in [2.24, 2.45) is 0 Å². The van der Waals surface area contributed by atoms with Gasteiger partial charge in [-0.3, -0.25) is 4.79 Å². The van der Waals surface area contributed by atoms with Gasteiger partial charge < -0.3 is 15.0 Å². The van der Waals surface area contributed by atoms with E-state index in [0.717, 1.165) is 30.8 Å². The Bertz CT molecular complexity index is 666. The van der Waals surface area contributed by atoms with Crippen molar-refractivity contribution in [1.29, 1.82) is 0 Å². The fraction of sp³-hybridized carbons (Fsp3) is 0.286. The molecular weight excluding hydrogens is 312 g/mol. The van der Waals surface area contributed by atoms with Crippen molar-refractivity contribution in [1.82, 2.24) is 5.32 Å². The summed E-state index contributed by atoms with van der Waals surface area (Å²) in [5, 5.41) is 2.93. The van der Waals surface area contributed by atoms with E-state index in [4.69, 9.17) is 4.74 Å². The number of carbonyl (C=O) groups is 1. The van der Waals surface area contributed by atoms with E-state index in [9.17, 15) is 4.79 Å². The van der Waals surface area contributed by atoms with Crippen molar-refractivity contribution in [3.05, 3.63) is 66.2 Å². The first-order valence-corrected chi connectivity index (χ1v) is 8.63. The molecule has 0 aliphatic rings. The zero-order valence-corrected chi connectivity index (χ0v) is 14.9. The molecule has 1 amide bonds. The molecule has 0 unspecified atom stereocenters. The topological polar surface area (TPSA) is 41.6 Å². The summed E-state index contributed by atoms with van der Waals surface area (Å²) in [6, 6.07) is 17.9. The van der Waals surface area contributed by atoms with Gasteiger partial charge in [0, 0.05) is 31.4 Å². The van der Waals surface area contributed by atoms with E-state index < -0.39 is 0 Å². The predicted molar refractivity (Wildman–Crippen MR) is 104 cm³/mol. The number of para-hydroxylation sites is 1. The van der Waals surface area contributed by atoms with E-state index in [0.29, 0.717) is 6.54 Å². The smallest absolute Gasteiger partial charge is 0.244 e. The van der Waals surface area contributed by atoms with Crippen LogP contribution >= 0.6 is 0 Å². The van der Waals surface area contributed by atoms with Crippen LogP contribution in [0.3, 0.4) is 0 Å². The van der Waals surface area contributed by atoms with E-state index in [1.165, 1.54) is 5.69 Å². The van der Waals surface area contributed by atoms with Crippen molar-refractivity contribution in [3.8, 4) is 5.75 Å². The number of ether oxygens (including phenoxy) is 1. The predicted octanol–water partition coefficient (Wildman–Crippen LogP) is 3.74. The minimum absolute atomic E-state index is 0.0708. The molecule has 0 bridgehead atoms. The van der Waals surface area contributed by atoms with Gasteiger partial charge in [0.15, 0.2) is 0 Å². The average molecular weight is 338 g/mol. The molecule has 4 nitrogen and oxygen atoms in total. The van der Waals surface area contributed by atoms with Gasteiger partial charge in [0.05, 0.1) is 7.11 Å². The molecule has 0 fully saturated rings. The maximum absolute atomic E-state index is 11.9. The van der Waals surface area contributed by atoms with Crippen molar-refractivity contribution in [3.63, 3.8) is 0 Å². The van der Waals surface area contributed by atoms with Crippen LogP contribution in [0, 0.1) is 0 Å². The lowest BCUT2D eigenvalue weighted by molar-refractivity contribution is -0.116. The highest BCUT2D eigenvalue weighted by atomic mass is 16.5. The molecule has 0 spiro atoms. The summed E-state index contributed by atoms with van der Waals surface area (Å²) in [6.07, 6.45) is 4.28. The van der Waals surface area contributed by atoms with Gasteiger partial charge in [-0.1, -0.05) is 30.3 Å². The maximum Gasteiger partial charge on any atom is 0.244 e. The Hall–Kier alpha value is -2.75. The first-order chi connectivity index (χ1) is 12.2. The van der Waals surface area contributed by atoms with Crippen molar-refractivity contribution < 1.29 is 9.53 Å². The number of rotatable bonds is 9. The van der Waals surface area contributed by atoms with Crippen LogP contribution in [0.1, 0.15) is 18.9 Å². The summed E-state index contributed by atoms with van der Waals surface area (Å²) in [7, 11) is 1.63. The van der Waals surface area contributed by atoms with Crippen LogP contribution in [-0.4, -0.2) is 32.7 Å². The molecule has 2 aromatic rings. The second-order valence-corrected chi connectivity index (χ2v) is 5.67. The molecule has 2 aromatic carbocycles. The number of hydrogen-bond donors (Lipinski definition) is 1. The SMILES string of the molecule is CCN(CCCNC(=O)/C=C\c1ccc(OC)cc1)c1ccccc1. The van der Waals surface area contributed by atoms with Crippen LogP contribution in [0.25, 0.3) is 6.08 Å². The Kier molecular flexibility index (Phi) is 7.57. The standard InChI is InChI=1S/C21H26N2O2/c1-3-23(19-8-5-4-6-9-19)17-7-16-22-21(24)15-12-18-10-13-20(25-2)14-11-18/h4-6,8-15H,3,7,16-17H2,1-2H3,(H,22,24)/b15-12-. The van der Waals surface area contributed by atoms with Gasteiger partial charge in [0.1, 0.15) is 5.75 Å². The summed E-state index contributed by atoms with van der Waals surface area (Å²) in [5.41, 5.74) is 2.19. The molecular formula is C21H26N2O2. The van der Waals surface area contributed by atoms with E-state index in [1.54, 1.807) is 19.3 Å². The molecule has 1 N–H and O–H groups in total. The Morgan fingerprint density at radius 2 is 1.84 bits per heavy atom. The molecule has 0 aromatic heterocycles. The molecule has 25 heavy (non-hydrogen) atoms. The molecule has 0 saturated heterocycles. The van der Waals surface area contributed by atoms with E-state index in [1.807, 2.05) is 42.5 Å². The summed E-state index contributed by atoms with van der Waals surface area (Å²) < 4.78 is 5.11. The monoisotopic (exact) mass is 338 g/mol. The van der Waals surface area contributed by atoms with E-state index in [-0.39, 0.29) is 5.91 Å². The number of anilines is 1. The minimum Gasteiger partial charge on any atom is -0.497 e. The van der Waals surface area contributed by atoms with E-state index >= 15 is 0 Å². The fourth-order valence-corrected chi connectivity index (χ4v) is 2.54. The normalized spacial score (nSPS) is 10.6. The number of methoxy groups -OCH3 is 1. The summed E-state index contributed by atoms with van der Waals surface area (Å²) >= 11 is 0. The highest BCUT2D eigenvalue weighted by Gasteiger charge is 2.03. The van der Waals surface area contributed by atoms with Crippen LogP contribution < -0.4 is 15.0 Å². The first-order valence-electron chi connectivity index (χ1n) is 8.63. The van der Waals surface area contributed by atoms with Crippen LogP contribution in [0.2, 0.25) is 0 Å². The quantitative estimate of drug-likeness (QED) is 0.559. The molecule has 0 radical (unpaired) electrons. The van der Waals surface area contributed by atoms with Crippen molar-refractivity contribution in [2.75, 3.05) is 31.6 Å². The highest BCUT2D eigenvalue weighted by Crippen LogP contribution is 2.13. The Morgan fingerprint density at radius 3 is 2.48 bits per heavy atom. The Balaban J connectivity index is 1.71. The van der Waals surface area contributed by atoms with Crippen LogP contribution in [0.4, 0.5) is 5.69 Å². The van der Waals surface area contributed by atoms with Crippen molar-refractivity contribution in [2.45, 2.75) is 13.3 Å². The zero-order chi connectivity index (χ0) is 17.9. The number of amides is 1. The summed E-state index contributed by atoms with van der Waals surface area (Å²) in [4.78, 5) is 14.2. The molecule has 0 aliphatic heterocycles. The Labute approximate surface area is 150 Å². The Morgan fingerprint density at radius 1 is 1.12 bits per heavy atom. The van der Waals surface area contributed by atoms with Gasteiger partial charge in [-0.05, 0) is 49.2 Å². The van der Waals surface area contributed by atoms with Gasteiger partial charge in [0.25, 0.3) is 0 Å². The molecule has 4 heteroatoms. The van der Waals surface area contributed by atoms with Gasteiger partial charge in [-0.15, -0.1) is 0 Å². The highest BCUT2D eigenvalue weighted by molar-refractivity contribution is 5.91. The van der Waals surface area contributed by atoms with Crippen LogP contribution in [0.15, 0.2) is 60.7 Å². The zero-order valence-electron chi connectivity index (χ0n) is 14.9. The number of nitrogens with zero attached hydrogens (tertiary/aromatic N) is 1. The number of hydrogen-bond acceptors (Lipinski definition) is 3. The second kappa shape index (κ2) is 10.2. The first kappa shape index (κ1) is 18.6. The summed E-state index contributed by atoms with van der Waals surface area (Å²) in [5.74, 6) is 0.735. The van der Waals surface area contributed by atoms with Gasteiger partial charge in [-0.2, -0.15) is 0 Å². The molecule has 0 saturated carbocycles. The molecule has 0 aliphatic carbocycles. The van der Waals surface area contributed by atoms with Crippen LogP contribution in [-0.2, 0) is 4.79 Å². The van der Waals surface area contributed by atoms with Gasteiger partial charge >= 0.3 is 0 Å². The third kappa shape index (κ3) is 6.34. The maximum atomic E-state index is 11.9. The average Bonchev–Trinajstić information content (AvgIpc) is 2.67. The van der Waals surface area contributed by atoms with Gasteiger partial charge in [0.2, 0.25) is 5.91 Å². The van der Waals surface area contributed by atoms with E-state index in [2.05, 4.69) is 29.3 Å². The lowest BCUT2D eigenvalue weighted by Crippen LogP contribution is -2.29. The van der Waals surface area contributed by atoms with Crippen LogP contribution in [0.5, 0.6) is 5.75 Å². The number of carbonyl (C=O) groups excluding carboxylic acids is 1. The number of benzene rings is 2. The number of nitrogens with one attached hydrogen (secondary N) is 1. The summed E-state index contributed by atoms with van der Waals surface area (Å²) in [6.45, 7) is 4.68. The largest absolute Gasteiger partial charge is 0.497 e. The molecule has 2 rings (SSSR count). The third-order valence-corrected chi connectivity index (χ3v) is 3.95. The van der Waals surface area contributed by atoms with Gasteiger partial charge in [-0.25, -0.2) is 0 Å². The fourth-order valence-electron chi connectivity index (χ4n) is 2.54. The lowest BCUT2D eigenvalue weighted by atomic mass is 10.2. The second-order valence-electron chi connectivity index (χ2n) is 5.67. The molecule has 132 valence electrons. The third-order valence-electron chi connectivity index (χ3n) is 3.95. The lowest BCUT2D eigenvalue weighted by Gasteiger charge is -2.23. The molecule has 0 atom stereocenters. The minimum atomic E-state index is -0.0708. The van der Waals surface area contributed by atoms with Crippen molar-refractivity contribution >= 4 is 17.7 Å².